The molecule has 1 saturated carbocycles. The number of thioether (sulfide) groups is 1. The van der Waals surface area contributed by atoms with Gasteiger partial charge in [0.15, 0.2) is 0 Å². The summed E-state index contributed by atoms with van der Waals surface area (Å²) in [6.45, 7) is 5.29. The number of carbonyl (C=O) groups excluding carboxylic acids is 1. The number of amides is 1. The first-order valence-electron chi connectivity index (χ1n) is 7.27. The molecule has 2 rings (SSSR count). The average molecular weight is 270 g/mol. The lowest BCUT2D eigenvalue weighted by Gasteiger charge is -2.27. The molecule has 4 heteroatoms. The van der Waals surface area contributed by atoms with Crippen molar-refractivity contribution in [3.05, 3.63) is 0 Å². The minimum absolute atomic E-state index is 0.0733. The van der Waals surface area contributed by atoms with Crippen LogP contribution in [0.2, 0.25) is 0 Å². The Labute approximate surface area is 115 Å². The monoisotopic (exact) mass is 270 g/mol. The van der Waals surface area contributed by atoms with E-state index in [-0.39, 0.29) is 12.2 Å². The number of carbonyl (C=O) groups is 1. The van der Waals surface area contributed by atoms with Crippen molar-refractivity contribution in [1.29, 1.82) is 0 Å². The minimum atomic E-state index is 0.0733. The number of hydrogen-bond acceptors (Lipinski definition) is 3. The molecule has 1 N–H and O–H groups in total. The number of hydrogen-bond donors (Lipinski definition) is 1. The van der Waals surface area contributed by atoms with Crippen molar-refractivity contribution < 1.29 is 4.79 Å². The highest BCUT2D eigenvalue weighted by molar-refractivity contribution is 8.00. The van der Waals surface area contributed by atoms with Crippen LogP contribution in [-0.2, 0) is 4.79 Å². The average Bonchev–Trinajstić information content (AvgIpc) is 3.09. The molecule has 104 valence electrons. The highest BCUT2D eigenvalue weighted by atomic mass is 32.2. The number of nitrogens with zero attached hydrogens (tertiary/aromatic N) is 1. The Kier molecular flexibility index (Phi) is 4.59. The zero-order valence-corrected chi connectivity index (χ0v) is 12.7. The van der Waals surface area contributed by atoms with E-state index in [4.69, 9.17) is 0 Å². The van der Waals surface area contributed by atoms with Gasteiger partial charge in [-0.2, -0.15) is 11.8 Å². The van der Waals surface area contributed by atoms with Crippen molar-refractivity contribution in [2.75, 3.05) is 12.8 Å². The van der Waals surface area contributed by atoms with E-state index >= 15 is 0 Å². The van der Waals surface area contributed by atoms with Crippen LogP contribution in [0, 0.1) is 0 Å². The molecule has 0 radical (unpaired) electrons. The van der Waals surface area contributed by atoms with E-state index in [2.05, 4.69) is 30.3 Å². The van der Waals surface area contributed by atoms with Crippen molar-refractivity contribution in [2.24, 2.45) is 0 Å². The Balaban J connectivity index is 2.02. The lowest BCUT2D eigenvalue weighted by atomic mass is 10.1. The van der Waals surface area contributed by atoms with Gasteiger partial charge in [-0.1, -0.05) is 26.7 Å². The molecule has 0 bridgehead atoms. The maximum absolute atomic E-state index is 12.5. The first-order chi connectivity index (χ1) is 8.65. The fourth-order valence-corrected chi connectivity index (χ4v) is 3.60. The predicted octanol–water partition coefficient (Wildman–Crippen LogP) is 2.61. The van der Waals surface area contributed by atoms with E-state index in [9.17, 15) is 4.79 Å². The summed E-state index contributed by atoms with van der Waals surface area (Å²) in [6.07, 6.45) is 9.27. The van der Waals surface area contributed by atoms with Gasteiger partial charge in [-0.3, -0.25) is 10.1 Å². The van der Waals surface area contributed by atoms with E-state index in [0.717, 1.165) is 32.2 Å². The minimum Gasteiger partial charge on any atom is -0.324 e. The molecule has 18 heavy (non-hydrogen) atoms. The SMILES string of the molecule is CCCC1NC(CCC)N(CC2(SC)CC2)C1=O. The van der Waals surface area contributed by atoms with E-state index in [1.54, 1.807) is 0 Å². The molecule has 0 aromatic rings. The van der Waals surface area contributed by atoms with Gasteiger partial charge in [0.1, 0.15) is 0 Å². The maximum atomic E-state index is 12.5. The molecule has 3 nitrogen and oxygen atoms in total. The zero-order valence-electron chi connectivity index (χ0n) is 11.9. The summed E-state index contributed by atoms with van der Waals surface area (Å²) in [5.74, 6) is 0.343. The van der Waals surface area contributed by atoms with Crippen LogP contribution in [0.4, 0.5) is 0 Å². The number of rotatable bonds is 7. The smallest absolute Gasteiger partial charge is 0.241 e. The third-order valence-corrected chi connectivity index (χ3v) is 5.59. The molecule has 2 aliphatic rings. The molecule has 1 saturated heterocycles. The lowest BCUT2D eigenvalue weighted by Crippen LogP contribution is -2.41. The van der Waals surface area contributed by atoms with Gasteiger partial charge in [-0.25, -0.2) is 0 Å². The fraction of sp³-hybridized carbons (Fsp3) is 0.929. The van der Waals surface area contributed by atoms with Gasteiger partial charge in [0.2, 0.25) is 5.91 Å². The van der Waals surface area contributed by atoms with E-state index in [1.165, 1.54) is 12.8 Å². The normalized spacial score (nSPS) is 29.9. The molecular formula is C14H26N2OS. The maximum Gasteiger partial charge on any atom is 0.241 e. The van der Waals surface area contributed by atoms with Crippen LogP contribution in [-0.4, -0.2) is 40.6 Å². The molecule has 2 unspecified atom stereocenters. The summed E-state index contributed by atoms with van der Waals surface area (Å²) < 4.78 is 0.379. The Morgan fingerprint density at radius 3 is 2.50 bits per heavy atom. The zero-order chi connectivity index (χ0) is 13.2. The van der Waals surface area contributed by atoms with Gasteiger partial charge >= 0.3 is 0 Å². The van der Waals surface area contributed by atoms with Crippen LogP contribution in [0.1, 0.15) is 52.4 Å². The Bertz CT molecular complexity index is 304. The topological polar surface area (TPSA) is 32.3 Å². The van der Waals surface area contributed by atoms with Gasteiger partial charge in [0.25, 0.3) is 0 Å². The quantitative estimate of drug-likeness (QED) is 0.772. The van der Waals surface area contributed by atoms with Crippen molar-refractivity contribution in [3.63, 3.8) is 0 Å². The summed E-state index contributed by atoms with van der Waals surface area (Å²) in [7, 11) is 0. The van der Waals surface area contributed by atoms with Crippen LogP contribution < -0.4 is 5.32 Å². The second-order valence-electron chi connectivity index (χ2n) is 5.67. The van der Waals surface area contributed by atoms with E-state index in [0.29, 0.717) is 10.7 Å². The summed E-state index contributed by atoms with van der Waals surface area (Å²) in [5, 5.41) is 3.53. The summed E-state index contributed by atoms with van der Waals surface area (Å²) in [6, 6.07) is 0.0733. The first kappa shape index (κ1) is 14.2. The van der Waals surface area contributed by atoms with Gasteiger partial charge in [-0.05, 0) is 31.9 Å². The van der Waals surface area contributed by atoms with Crippen molar-refractivity contribution in [3.8, 4) is 0 Å². The molecule has 0 spiro atoms. The third-order valence-electron chi connectivity index (χ3n) is 4.19. The third kappa shape index (κ3) is 2.85. The van der Waals surface area contributed by atoms with Crippen molar-refractivity contribution >= 4 is 17.7 Å². The Morgan fingerprint density at radius 1 is 1.33 bits per heavy atom. The second kappa shape index (κ2) is 5.83. The predicted molar refractivity (Wildman–Crippen MR) is 77.7 cm³/mol. The van der Waals surface area contributed by atoms with E-state index in [1.807, 2.05) is 11.8 Å². The van der Waals surface area contributed by atoms with Gasteiger partial charge < -0.3 is 4.90 Å². The molecule has 2 atom stereocenters. The van der Waals surface area contributed by atoms with Gasteiger partial charge in [0.05, 0.1) is 12.2 Å². The van der Waals surface area contributed by atoms with Gasteiger partial charge in [0, 0.05) is 11.3 Å². The van der Waals surface area contributed by atoms with E-state index < -0.39 is 0 Å². The molecule has 1 amide bonds. The highest BCUT2D eigenvalue weighted by Gasteiger charge is 2.48. The van der Waals surface area contributed by atoms with Gasteiger partial charge in [-0.15, -0.1) is 0 Å². The second-order valence-corrected chi connectivity index (χ2v) is 6.94. The van der Waals surface area contributed by atoms with Crippen LogP contribution in [0.15, 0.2) is 0 Å². The van der Waals surface area contributed by atoms with Crippen LogP contribution >= 0.6 is 11.8 Å². The Morgan fingerprint density at radius 2 is 2.00 bits per heavy atom. The standard InChI is InChI=1S/C14H26N2OS/c1-4-6-11-13(17)16(12(15-11)7-5-2)10-14(18-3)8-9-14/h11-12,15H,4-10H2,1-3H3. The number of nitrogens with one attached hydrogen (secondary N) is 1. The van der Waals surface area contributed by atoms with Crippen LogP contribution in [0.3, 0.4) is 0 Å². The lowest BCUT2D eigenvalue weighted by molar-refractivity contribution is -0.130. The molecule has 2 fully saturated rings. The molecular weight excluding hydrogens is 244 g/mol. The molecule has 0 aromatic carbocycles. The Hall–Kier alpha value is -0.220. The summed E-state index contributed by atoms with van der Waals surface area (Å²) >= 11 is 1.94. The van der Waals surface area contributed by atoms with Crippen LogP contribution in [0.5, 0.6) is 0 Å². The summed E-state index contributed by atoms with van der Waals surface area (Å²) in [5.41, 5.74) is 0. The molecule has 1 aliphatic heterocycles. The molecule has 1 heterocycles. The van der Waals surface area contributed by atoms with Crippen molar-refractivity contribution in [1.82, 2.24) is 10.2 Å². The highest BCUT2D eigenvalue weighted by Crippen LogP contribution is 2.48. The molecule has 1 aliphatic carbocycles. The molecule has 0 aromatic heterocycles. The van der Waals surface area contributed by atoms with Crippen LogP contribution in [0.25, 0.3) is 0 Å². The van der Waals surface area contributed by atoms with Crippen molar-refractivity contribution in [2.45, 2.75) is 69.3 Å². The largest absolute Gasteiger partial charge is 0.324 e. The fourth-order valence-electron chi connectivity index (χ4n) is 2.82. The first-order valence-corrected chi connectivity index (χ1v) is 8.50. The summed E-state index contributed by atoms with van der Waals surface area (Å²) in [4.78, 5) is 14.6.